The van der Waals surface area contributed by atoms with Crippen LogP contribution in [0.3, 0.4) is 0 Å². The first-order valence-electron chi connectivity index (χ1n) is 7.67. The van der Waals surface area contributed by atoms with Crippen molar-refractivity contribution in [3.8, 4) is 23.1 Å². The maximum Gasteiger partial charge on any atom is 0.338 e. The number of hydrogen-bond acceptors (Lipinski definition) is 8. The van der Waals surface area contributed by atoms with Crippen LogP contribution >= 0.6 is 0 Å². The van der Waals surface area contributed by atoms with Crippen LogP contribution in [0.15, 0.2) is 30.5 Å². The minimum atomic E-state index is -1.40. The Bertz CT molecular complexity index is 772. The van der Waals surface area contributed by atoms with Crippen molar-refractivity contribution in [2.24, 2.45) is 0 Å². The average molecular weight is 363 g/mol. The quantitative estimate of drug-likeness (QED) is 0.718. The molecule has 140 valence electrons. The van der Waals surface area contributed by atoms with Gasteiger partial charge in [0.2, 0.25) is 11.6 Å². The van der Waals surface area contributed by atoms with Gasteiger partial charge in [-0.3, -0.25) is 0 Å². The smallest absolute Gasteiger partial charge is 0.338 e. The summed E-state index contributed by atoms with van der Waals surface area (Å²) in [6, 6.07) is 5.91. The Morgan fingerprint density at radius 3 is 2.38 bits per heavy atom. The summed E-state index contributed by atoms with van der Waals surface area (Å²) in [6.45, 7) is 1.33. The maximum atomic E-state index is 11.7. The van der Waals surface area contributed by atoms with E-state index >= 15 is 0 Å². The van der Waals surface area contributed by atoms with Crippen molar-refractivity contribution in [1.29, 1.82) is 0 Å². The fourth-order valence-electron chi connectivity index (χ4n) is 2.20. The van der Waals surface area contributed by atoms with Crippen LogP contribution < -0.4 is 14.2 Å². The molecule has 1 heterocycles. The summed E-state index contributed by atoms with van der Waals surface area (Å²) in [7, 11) is 4.08. The predicted octanol–water partition coefficient (Wildman–Crippen LogP) is 1.88. The summed E-state index contributed by atoms with van der Waals surface area (Å²) in [5.41, 5.74) is -0.767. The Hall–Kier alpha value is -3.00. The number of phenolic OH excluding ortho intramolecular Hbond substituents is 1. The van der Waals surface area contributed by atoms with Gasteiger partial charge in [-0.1, -0.05) is 0 Å². The lowest BCUT2D eigenvalue weighted by molar-refractivity contribution is 0.00641. The van der Waals surface area contributed by atoms with Gasteiger partial charge in [0.25, 0.3) is 0 Å². The zero-order valence-corrected chi connectivity index (χ0v) is 15.0. The van der Waals surface area contributed by atoms with Crippen LogP contribution in [0.1, 0.15) is 22.8 Å². The lowest BCUT2D eigenvalue weighted by Crippen LogP contribution is -2.29. The standard InChI is InChI=1S/C18H21NO7/c1-18(22,12-5-6-15(24-3)19-9-12)10-26-14-8-11(17(21)25-4)7-13(23-2)16(14)20/h5-9,20,22H,10H2,1-4H3. The van der Waals surface area contributed by atoms with Crippen molar-refractivity contribution in [2.75, 3.05) is 27.9 Å². The van der Waals surface area contributed by atoms with E-state index in [1.807, 2.05) is 0 Å². The van der Waals surface area contributed by atoms with Gasteiger partial charge in [0, 0.05) is 17.8 Å². The third kappa shape index (κ3) is 4.15. The Kier molecular flexibility index (Phi) is 5.89. The van der Waals surface area contributed by atoms with E-state index in [2.05, 4.69) is 9.72 Å². The molecule has 0 radical (unpaired) electrons. The van der Waals surface area contributed by atoms with Crippen molar-refractivity contribution in [3.63, 3.8) is 0 Å². The largest absolute Gasteiger partial charge is 0.502 e. The second kappa shape index (κ2) is 7.92. The number of carbonyl (C=O) groups is 1. The monoisotopic (exact) mass is 363 g/mol. The number of methoxy groups -OCH3 is 3. The van der Waals surface area contributed by atoms with Gasteiger partial charge in [-0.15, -0.1) is 0 Å². The zero-order chi connectivity index (χ0) is 19.3. The fourth-order valence-corrected chi connectivity index (χ4v) is 2.20. The number of aliphatic hydroxyl groups is 1. The SMILES string of the molecule is COC(=O)c1cc(OC)c(O)c(OCC(C)(O)c2ccc(OC)nc2)c1. The lowest BCUT2D eigenvalue weighted by atomic mass is 9.99. The van der Waals surface area contributed by atoms with Gasteiger partial charge in [-0.25, -0.2) is 9.78 Å². The summed E-state index contributed by atoms with van der Waals surface area (Å²) in [5, 5.41) is 20.8. The van der Waals surface area contributed by atoms with E-state index in [9.17, 15) is 15.0 Å². The molecular weight excluding hydrogens is 342 g/mol. The van der Waals surface area contributed by atoms with E-state index in [0.29, 0.717) is 11.4 Å². The first kappa shape index (κ1) is 19.3. The molecule has 0 fully saturated rings. The van der Waals surface area contributed by atoms with Crippen LogP contribution in [0.25, 0.3) is 0 Å². The van der Waals surface area contributed by atoms with Gasteiger partial charge in [0.05, 0.1) is 26.9 Å². The van der Waals surface area contributed by atoms with Crippen molar-refractivity contribution in [2.45, 2.75) is 12.5 Å². The maximum absolute atomic E-state index is 11.7. The van der Waals surface area contributed by atoms with Crippen LogP contribution in [0.5, 0.6) is 23.1 Å². The molecule has 1 aromatic carbocycles. The summed E-state index contributed by atoms with van der Waals surface area (Å²) < 4.78 is 20.2. The molecule has 0 bridgehead atoms. The van der Waals surface area contributed by atoms with Gasteiger partial charge in [0.15, 0.2) is 11.5 Å². The molecule has 0 aliphatic rings. The van der Waals surface area contributed by atoms with Gasteiger partial charge in [-0.2, -0.15) is 0 Å². The molecule has 0 aliphatic heterocycles. The van der Waals surface area contributed by atoms with E-state index < -0.39 is 11.6 Å². The number of nitrogens with zero attached hydrogens (tertiary/aromatic N) is 1. The molecule has 0 amide bonds. The van der Waals surface area contributed by atoms with E-state index in [1.54, 1.807) is 12.1 Å². The Labute approximate surface area is 150 Å². The predicted molar refractivity (Wildman–Crippen MR) is 91.9 cm³/mol. The van der Waals surface area contributed by atoms with E-state index in [-0.39, 0.29) is 29.4 Å². The lowest BCUT2D eigenvalue weighted by Gasteiger charge is -2.24. The second-order valence-electron chi connectivity index (χ2n) is 5.67. The Morgan fingerprint density at radius 1 is 1.15 bits per heavy atom. The molecule has 2 aromatic rings. The molecule has 0 aliphatic carbocycles. The number of pyridine rings is 1. The number of rotatable bonds is 7. The molecule has 1 unspecified atom stereocenters. The van der Waals surface area contributed by atoms with E-state index in [0.717, 1.165) is 0 Å². The molecule has 1 aromatic heterocycles. The molecule has 2 N–H and O–H groups in total. The number of benzene rings is 1. The second-order valence-corrected chi connectivity index (χ2v) is 5.67. The number of hydrogen-bond donors (Lipinski definition) is 2. The third-order valence-electron chi connectivity index (χ3n) is 3.76. The first-order chi connectivity index (χ1) is 12.3. The van der Waals surface area contributed by atoms with Crippen LogP contribution in [0.2, 0.25) is 0 Å². The number of aromatic nitrogens is 1. The highest BCUT2D eigenvalue weighted by molar-refractivity contribution is 5.91. The topological polar surface area (TPSA) is 107 Å². The number of ether oxygens (including phenoxy) is 4. The first-order valence-corrected chi connectivity index (χ1v) is 7.67. The van der Waals surface area contributed by atoms with Crippen molar-refractivity contribution >= 4 is 5.97 Å². The summed E-state index contributed by atoms with van der Waals surface area (Å²) in [5.74, 6) is -0.457. The number of carbonyl (C=O) groups excluding carboxylic acids is 1. The molecule has 0 saturated carbocycles. The third-order valence-corrected chi connectivity index (χ3v) is 3.76. The summed E-state index contributed by atoms with van der Waals surface area (Å²) >= 11 is 0. The molecule has 0 saturated heterocycles. The van der Waals surface area contributed by atoms with E-state index in [4.69, 9.17) is 14.2 Å². The molecule has 1 atom stereocenters. The molecule has 2 rings (SSSR count). The highest BCUT2D eigenvalue weighted by atomic mass is 16.5. The minimum Gasteiger partial charge on any atom is -0.502 e. The van der Waals surface area contributed by atoms with E-state index in [1.165, 1.54) is 46.6 Å². The van der Waals surface area contributed by atoms with Crippen molar-refractivity contribution < 1.29 is 34.0 Å². The molecule has 8 nitrogen and oxygen atoms in total. The minimum absolute atomic E-state index is 0.0218. The van der Waals surface area contributed by atoms with Crippen molar-refractivity contribution in [3.05, 3.63) is 41.6 Å². The fraction of sp³-hybridized carbons (Fsp3) is 0.333. The Morgan fingerprint density at radius 2 is 1.85 bits per heavy atom. The highest BCUT2D eigenvalue weighted by Gasteiger charge is 2.26. The normalized spacial score (nSPS) is 12.8. The molecular formula is C18H21NO7. The zero-order valence-electron chi connectivity index (χ0n) is 15.0. The van der Waals surface area contributed by atoms with Crippen LogP contribution in [0, 0.1) is 0 Å². The molecule has 0 spiro atoms. The van der Waals surface area contributed by atoms with Gasteiger partial charge >= 0.3 is 5.97 Å². The van der Waals surface area contributed by atoms with Gasteiger partial charge in [0.1, 0.15) is 12.2 Å². The highest BCUT2D eigenvalue weighted by Crippen LogP contribution is 2.38. The van der Waals surface area contributed by atoms with Gasteiger partial charge in [-0.05, 0) is 25.1 Å². The number of esters is 1. The number of phenols is 1. The van der Waals surface area contributed by atoms with Crippen LogP contribution in [-0.2, 0) is 10.3 Å². The number of aromatic hydroxyl groups is 1. The van der Waals surface area contributed by atoms with Crippen molar-refractivity contribution in [1.82, 2.24) is 4.98 Å². The molecule has 8 heteroatoms. The summed E-state index contributed by atoms with van der Waals surface area (Å²) in [6.07, 6.45) is 1.47. The average Bonchev–Trinajstić information content (AvgIpc) is 2.66. The van der Waals surface area contributed by atoms with Crippen LogP contribution in [-0.4, -0.2) is 49.1 Å². The molecule has 26 heavy (non-hydrogen) atoms. The van der Waals surface area contributed by atoms with Gasteiger partial charge < -0.3 is 29.2 Å². The Balaban J connectivity index is 2.25. The summed E-state index contributed by atoms with van der Waals surface area (Å²) in [4.78, 5) is 15.8. The van der Waals surface area contributed by atoms with Crippen LogP contribution in [0.4, 0.5) is 0 Å².